The molecule has 3 atom stereocenters. The average Bonchev–Trinajstić information content (AvgIpc) is 2.45. The van der Waals surface area contributed by atoms with Gasteiger partial charge in [-0.2, -0.15) is 0 Å². The Hall–Kier alpha value is -2.04. The molecule has 0 bridgehead atoms. The van der Waals surface area contributed by atoms with E-state index in [1.807, 2.05) is 24.3 Å². The summed E-state index contributed by atoms with van der Waals surface area (Å²) in [7, 11) is 1.56. The van der Waals surface area contributed by atoms with Gasteiger partial charge in [0, 0.05) is 18.8 Å². The highest BCUT2D eigenvalue weighted by atomic mass is 16.2. The second kappa shape index (κ2) is 5.94. The molecule has 1 aromatic rings. The number of nitrogens with one attached hydrogen (secondary N) is 3. The standard InChI is InChI=1S/C15H21N3O2/c1-9-8-12(11-6-4-5-7-13(11)17-9)15(20)18-10(2)14(19)16-3/h4-7,9-10,12,17H,8H2,1-3H3,(H,16,19)(H,18,20). The van der Waals surface area contributed by atoms with Gasteiger partial charge in [-0.05, 0) is 31.9 Å². The van der Waals surface area contributed by atoms with Crippen molar-refractivity contribution in [2.75, 3.05) is 12.4 Å². The zero-order valence-corrected chi connectivity index (χ0v) is 12.1. The molecule has 3 N–H and O–H groups in total. The van der Waals surface area contributed by atoms with Crippen LogP contribution in [0.1, 0.15) is 31.7 Å². The minimum absolute atomic E-state index is 0.0955. The highest BCUT2D eigenvalue weighted by molar-refractivity contribution is 5.91. The van der Waals surface area contributed by atoms with E-state index in [4.69, 9.17) is 0 Å². The van der Waals surface area contributed by atoms with Crippen LogP contribution in [-0.2, 0) is 9.59 Å². The lowest BCUT2D eigenvalue weighted by Gasteiger charge is -2.31. The summed E-state index contributed by atoms with van der Waals surface area (Å²) in [6.45, 7) is 3.74. The Morgan fingerprint density at radius 3 is 2.75 bits per heavy atom. The smallest absolute Gasteiger partial charge is 0.242 e. The van der Waals surface area contributed by atoms with E-state index in [1.165, 1.54) is 0 Å². The number of carbonyl (C=O) groups is 2. The average molecular weight is 275 g/mol. The van der Waals surface area contributed by atoms with E-state index in [9.17, 15) is 9.59 Å². The topological polar surface area (TPSA) is 70.2 Å². The zero-order valence-electron chi connectivity index (χ0n) is 12.1. The minimum atomic E-state index is -0.523. The quantitative estimate of drug-likeness (QED) is 0.777. The van der Waals surface area contributed by atoms with Crippen LogP contribution in [0.4, 0.5) is 5.69 Å². The molecule has 2 rings (SSSR count). The first kappa shape index (κ1) is 14.4. The van der Waals surface area contributed by atoms with Gasteiger partial charge in [0.2, 0.25) is 11.8 Å². The number of para-hydroxylation sites is 1. The molecule has 1 aromatic carbocycles. The molecule has 0 spiro atoms. The molecule has 1 aliphatic heterocycles. The van der Waals surface area contributed by atoms with E-state index < -0.39 is 6.04 Å². The van der Waals surface area contributed by atoms with Crippen molar-refractivity contribution in [3.63, 3.8) is 0 Å². The SMILES string of the molecule is CNC(=O)C(C)NC(=O)C1CC(C)Nc2ccccc21. The molecule has 0 aromatic heterocycles. The Balaban J connectivity index is 2.16. The van der Waals surface area contributed by atoms with Gasteiger partial charge in [-0.3, -0.25) is 9.59 Å². The van der Waals surface area contributed by atoms with Crippen molar-refractivity contribution in [3.05, 3.63) is 29.8 Å². The van der Waals surface area contributed by atoms with E-state index in [1.54, 1.807) is 14.0 Å². The van der Waals surface area contributed by atoms with Gasteiger partial charge in [-0.25, -0.2) is 0 Å². The summed E-state index contributed by atoms with van der Waals surface area (Å²) >= 11 is 0. The fourth-order valence-corrected chi connectivity index (χ4v) is 2.58. The predicted octanol–water partition coefficient (Wildman–Crippen LogP) is 1.22. The van der Waals surface area contributed by atoms with Crippen molar-refractivity contribution in [2.45, 2.75) is 38.3 Å². The van der Waals surface area contributed by atoms with Crippen molar-refractivity contribution in [1.29, 1.82) is 0 Å². The number of anilines is 1. The maximum absolute atomic E-state index is 12.4. The lowest BCUT2D eigenvalue weighted by Crippen LogP contribution is -2.46. The number of hydrogen-bond acceptors (Lipinski definition) is 3. The molecular formula is C15H21N3O2. The predicted molar refractivity (Wildman–Crippen MR) is 78.6 cm³/mol. The Morgan fingerprint density at radius 2 is 2.05 bits per heavy atom. The summed E-state index contributed by atoms with van der Waals surface area (Å²) in [6.07, 6.45) is 0.726. The Kier molecular flexibility index (Phi) is 4.27. The monoisotopic (exact) mass is 275 g/mol. The fraction of sp³-hybridized carbons (Fsp3) is 0.467. The number of amides is 2. The van der Waals surface area contributed by atoms with Crippen molar-refractivity contribution < 1.29 is 9.59 Å². The number of carbonyl (C=O) groups excluding carboxylic acids is 2. The first-order chi connectivity index (χ1) is 9.52. The normalized spacial score (nSPS) is 22.1. The Labute approximate surface area is 119 Å². The van der Waals surface area contributed by atoms with Crippen LogP contribution in [0, 0.1) is 0 Å². The highest BCUT2D eigenvalue weighted by Crippen LogP contribution is 2.34. The number of fused-ring (bicyclic) bond motifs is 1. The van der Waals surface area contributed by atoms with Crippen LogP contribution in [0.5, 0.6) is 0 Å². The Morgan fingerprint density at radius 1 is 1.35 bits per heavy atom. The molecule has 20 heavy (non-hydrogen) atoms. The van der Waals surface area contributed by atoms with E-state index in [0.29, 0.717) is 0 Å². The first-order valence-corrected chi connectivity index (χ1v) is 6.90. The van der Waals surface area contributed by atoms with E-state index in [2.05, 4.69) is 22.9 Å². The van der Waals surface area contributed by atoms with E-state index in [0.717, 1.165) is 17.7 Å². The van der Waals surface area contributed by atoms with Crippen molar-refractivity contribution in [3.8, 4) is 0 Å². The van der Waals surface area contributed by atoms with Crippen LogP contribution >= 0.6 is 0 Å². The minimum Gasteiger partial charge on any atom is -0.382 e. The first-order valence-electron chi connectivity index (χ1n) is 6.90. The molecular weight excluding hydrogens is 254 g/mol. The fourth-order valence-electron chi connectivity index (χ4n) is 2.58. The third kappa shape index (κ3) is 2.92. The van der Waals surface area contributed by atoms with E-state index in [-0.39, 0.29) is 23.8 Å². The van der Waals surface area contributed by atoms with Gasteiger partial charge >= 0.3 is 0 Å². The van der Waals surface area contributed by atoms with Gasteiger partial charge in [0.05, 0.1) is 5.92 Å². The summed E-state index contributed by atoms with van der Waals surface area (Å²) < 4.78 is 0. The molecule has 3 unspecified atom stereocenters. The third-order valence-electron chi connectivity index (χ3n) is 3.64. The molecule has 5 heteroatoms. The molecule has 1 aliphatic rings. The number of likely N-dealkylation sites (N-methyl/N-ethyl adjacent to an activating group) is 1. The molecule has 1 heterocycles. The summed E-state index contributed by atoms with van der Waals surface area (Å²) in [5, 5.41) is 8.69. The van der Waals surface area contributed by atoms with Gasteiger partial charge in [-0.15, -0.1) is 0 Å². The largest absolute Gasteiger partial charge is 0.382 e. The summed E-state index contributed by atoms with van der Waals surface area (Å²) in [4.78, 5) is 23.9. The summed E-state index contributed by atoms with van der Waals surface area (Å²) in [5.74, 6) is -0.495. The van der Waals surface area contributed by atoms with Crippen molar-refractivity contribution in [1.82, 2.24) is 10.6 Å². The highest BCUT2D eigenvalue weighted by Gasteiger charge is 2.30. The maximum Gasteiger partial charge on any atom is 0.242 e. The van der Waals surface area contributed by atoms with Gasteiger partial charge in [0.15, 0.2) is 0 Å². The summed E-state index contributed by atoms with van der Waals surface area (Å²) in [5.41, 5.74) is 1.99. The molecule has 0 aliphatic carbocycles. The zero-order chi connectivity index (χ0) is 14.7. The molecule has 0 radical (unpaired) electrons. The number of rotatable bonds is 3. The third-order valence-corrected chi connectivity index (χ3v) is 3.64. The van der Waals surface area contributed by atoms with Gasteiger partial charge in [0.25, 0.3) is 0 Å². The lowest BCUT2D eigenvalue weighted by molar-refractivity contribution is -0.129. The maximum atomic E-state index is 12.4. The molecule has 0 fully saturated rings. The van der Waals surface area contributed by atoms with Crippen LogP contribution in [0.15, 0.2) is 24.3 Å². The number of benzene rings is 1. The van der Waals surface area contributed by atoms with E-state index >= 15 is 0 Å². The van der Waals surface area contributed by atoms with Crippen LogP contribution in [0.3, 0.4) is 0 Å². The van der Waals surface area contributed by atoms with Gasteiger partial charge < -0.3 is 16.0 Å². The lowest BCUT2D eigenvalue weighted by atomic mass is 9.86. The molecule has 2 amide bonds. The van der Waals surface area contributed by atoms with Gasteiger partial charge in [-0.1, -0.05) is 18.2 Å². The second-order valence-corrected chi connectivity index (χ2v) is 5.27. The molecule has 0 saturated carbocycles. The van der Waals surface area contributed by atoms with Crippen LogP contribution in [0.2, 0.25) is 0 Å². The van der Waals surface area contributed by atoms with Crippen LogP contribution in [0.25, 0.3) is 0 Å². The van der Waals surface area contributed by atoms with Crippen LogP contribution < -0.4 is 16.0 Å². The number of hydrogen-bond donors (Lipinski definition) is 3. The van der Waals surface area contributed by atoms with Crippen molar-refractivity contribution >= 4 is 17.5 Å². The van der Waals surface area contributed by atoms with Gasteiger partial charge in [0.1, 0.15) is 6.04 Å². The van der Waals surface area contributed by atoms with Crippen LogP contribution in [-0.4, -0.2) is 30.9 Å². The molecule has 0 saturated heterocycles. The molecule has 108 valence electrons. The Bertz CT molecular complexity index is 516. The van der Waals surface area contributed by atoms with Crippen molar-refractivity contribution in [2.24, 2.45) is 0 Å². The second-order valence-electron chi connectivity index (χ2n) is 5.27. The molecule has 5 nitrogen and oxygen atoms in total. The summed E-state index contributed by atoms with van der Waals surface area (Å²) in [6, 6.07) is 7.53.